The molecule has 170 valence electrons. The van der Waals surface area contributed by atoms with Crippen LogP contribution in [0.4, 0.5) is 0 Å². The van der Waals surface area contributed by atoms with E-state index >= 15 is 0 Å². The van der Waals surface area contributed by atoms with E-state index in [9.17, 15) is 8.42 Å². The van der Waals surface area contributed by atoms with Crippen molar-refractivity contribution in [3.8, 4) is 0 Å². The van der Waals surface area contributed by atoms with Crippen molar-refractivity contribution in [3.05, 3.63) is 53.9 Å². The Bertz CT molecular complexity index is 923. The molecule has 1 unspecified atom stereocenters. The predicted octanol–water partition coefficient (Wildman–Crippen LogP) is 0.870. The number of aromatic nitrogens is 1. The van der Waals surface area contributed by atoms with Crippen molar-refractivity contribution in [2.75, 3.05) is 53.9 Å². The summed E-state index contributed by atoms with van der Waals surface area (Å²) < 4.78 is 31.5. The third-order valence-electron chi connectivity index (χ3n) is 5.51. The molecule has 31 heavy (non-hydrogen) atoms. The van der Waals surface area contributed by atoms with Crippen LogP contribution in [0.15, 0.2) is 52.2 Å². The highest BCUT2D eigenvalue weighted by atomic mass is 32.2. The molecule has 0 saturated carbocycles. The lowest BCUT2D eigenvalue weighted by Crippen LogP contribution is -2.55. The molecule has 0 spiro atoms. The molecule has 1 aliphatic rings. The highest BCUT2D eigenvalue weighted by Crippen LogP contribution is 2.13. The van der Waals surface area contributed by atoms with Gasteiger partial charge in [-0.25, -0.2) is 8.42 Å². The van der Waals surface area contributed by atoms with Gasteiger partial charge in [-0.15, -0.1) is 0 Å². The minimum Gasteiger partial charge on any atom is -0.364 e. The summed E-state index contributed by atoms with van der Waals surface area (Å²) in [6.07, 6.45) is 2.32. The van der Waals surface area contributed by atoms with E-state index in [4.69, 9.17) is 4.52 Å². The van der Waals surface area contributed by atoms with Gasteiger partial charge in [-0.05, 0) is 26.1 Å². The lowest BCUT2D eigenvalue weighted by atomic mass is 10.1. The number of guanidine groups is 1. The van der Waals surface area contributed by atoms with E-state index in [2.05, 4.69) is 63.6 Å². The average Bonchev–Trinajstić information content (AvgIpc) is 3.26. The van der Waals surface area contributed by atoms with Crippen molar-refractivity contribution in [1.82, 2.24) is 24.6 Å². The van der Waals surface area contributed by atoms with Gasteiger partial charge in [0.05, 0.1) is 5.69 Å². The minimum absolute atomic E-state index is 0.138. The van der Waals surface area contributed by atoms with E-state index in [1.807, 2.05) is 6.07 Å². The van der Waals surface area contributed by atoms with Crippen molar-refractivity contribution in [2.45, 2.75) is 18.2 Å². The van der Waals surface area contributed by atoms with E-state index in [-0.39, 0.29) is 5.75 Å². The maximum atomic E-state index is 12.6. The maximum Gasteiger partial charge on any atom is 0.220 e. The van der Waals surface area contributed by atoms with Gasteiger partial charge in [-0.3, -0.25) is 4.99 Å². The predicted molar refractivity (Wildman–Crippen MR) is 121 cm³/mol. The summed E-state index contributed by atoms with van der Waals surface area (Å²) in [7, 11) is 2.51. The molecule has 1 fully saturated rings. The van der Waals surface area contributed by atoms with Gasteiger partial charge >= 0.3 is 0 Å². The number of nitrogens with one attached hydrogen (secondary N) is 1. The summed E-state index contributed by atoms with van der Waals surface area (Å²) in [5.41, 5.74) is 1.72. The first-order valence-corrected chi connectivity index (χ1v) is 12.0. The first-order chi connectivity index (χ1) is 14.9. The molecule has 0 amide bonds. The van der Waals surface area contributed by atoms with Crippen molar-refractivity contribution in [2.24, 2.45) is 4.99 Å². The maximum absolute atomic E-state index is 12.6. The molecular weight excluding hydrogens is 416 g/mol. The van der Waals surface area contributed by atoms with Crippen LogP contribution in [0.5, 0.6) is 0 Å². The van der Waals surface area contributed by atoms with Crippen molar-refractivity contribution >= 4 is 16.0 Å². The SMILES string of the molecule is CN=C(NCC(Cc1ccccc1)N(C)C)N1CCN(S(=O)(=O)Cc2ccon2)CC1. The molecule has 9 nitrogen and oxygen atoms in total. The molecule has 3 rings (SSSR count). The highest BCUT2D eigenvalue weighted by molar-refractivity contribution is 7.88. The number of rotatable bonds is 8. The normalized spacial score (nSPS) is 17.2. The Hall–Kier alpha value is -2.43. The van der Waals surface area contributed by atoms with Gasteiger partial charge in [0, 0.05) is 51.9 Å². The molecule has 2 aromatic rings. The Morgan fingerprint density at radius 1 is 1.19 bits per heavy atom. The van der Waals surface area contributed by atoms with Crippen LogP contribution in [-0.2, 0) is 22.2 Å². The molecule has 0 bridgehead atoms. The largest absolute Gasteiger partial charge is 0.364 e. The molecule has 1 saturated heterocycles. The van der Waals surface area contributed by atoms with E-state index in [0.717, 1.165) is 18.9 Å². The Balaban J connectivity index is 1.52. The van der Waals surface area contributed by atoms with Crippen molar-refractivity contribution < 1.29 is 12.9 Å². The number of likely N-dealkylation sites (N-methyl/N-ethyl adjacent to an activating group) is 1. The molecule has 1 aliphatic heterocycles. The number of hydrogen-bond donors (Lipinski definition) is 1. The third kappa shape index (κ3) is 6.52. The van der Waals surface area contributed by atoms with E-state index < -0.39 is 10.0 Å². The first kappa shape index (κ1) is 23.2. The second-order valence-electron chi connectivity index (χ2n) is 7.87. The minimum atomic E-state index is -3.42. The van der Waals surface area contributed by atoms with E-state index in [0.29, 0.717) is 37.9 Å². The fourth-order valence-electron chi connectivity index (χ4n) is 3.63. The van der Waals surface area contributed by atoms with Crippen molar-refractivity contribution in [3.63, 3.8) is 0 Å². The van der Waals surface area contributed by atoms with Crippen LogP contribution >= 0.6 is 0 Å². The average molecular weight is 449 g/mol. The number of benzene rings is 1. The second-order valence-corrected chi connectivity index (χ2v) is 9.84. The van der Waals surface area contributed by atoms with Crippen LogP contribution in [0, 0.1) is 0 Å². The Kier molecular flexibility index (Phi) is 8.05. The Morgan fingerprint density at radius 3 is 2.48 bits per heavy atom. The first-order valence-electron chi connectivity index (χ1n) is 10.4. The zero-order valence-electron chi connectivity index (χ0n) is 18.4. The monoisotopic (exact) mass is 448 g/mol. The van der Waals surface area contributed by atoms with Gasteiger partial charge in [0.2, 0.25) is 10.0 Å². The highest BCUT2D eigenvalue weighted by Gasteiger charge is 2.29. The van der Waals surface area contributed by atoms with E-state index in [1.54, 1.807) is 13.1 Å². The van der Waals surface area contributed by atoms with Gasteiger partial charge in [0.25, 0.3) is 0 Å². The van der Waals surface area contributed by atoms with Crippen molar-refractivity contribution in [1.29, 1.82) is 0 Å². The smallest absolute Gasteiger partial charge is 0.220 e. The third-order valence-corrected chi connectivity index (χ3v) is 7.32. The Labute approximate surface area is 184 Å². The fourth-order valence-corrected chi connectivity index (χ4v) is 5.06. The molecule has 10 heteroatoms. The molecule has 0 aliphatic carbocycles. The molecule has 2 heterocycles. The van der Waals surface area contributed by atoms with Crippen LogP contribution in [0.25, 0.3) is 0 Å². The topological polar surface area (TPSA) is 94.3 Å². The summed E-state index contributed by atoms with van der Waals surface area (Å²) in [4.78, 5) is 8.74. The van der Waals surface area contributed by atoms with Crippen LogP contribution in [-0.4, -0.2) is 93.5 Å². The molecule has 0 radical (unpaired) electrons. The van der Waals surface area contributed by atoms with Gasteiger partial charge in [-0.1, -0.05) is 35.5 Å². The number of sulfonamides is 1. The Morgan fingerprint density at radius 2 is 1.90 bits per heavy atom. The number of aliphatic imine (C=N–C) groups is 1. The van der Waals surface area contributed by atoms with Crippen LogP contribution in [0.2, 0.25) is 0 Å². The molecule has 1 aromatic heterocycles. The zero-order chi connectivity index (χ0) is 22.3. The summed E-state index contributed by atoms with van der Waals surface area (Å²) >= 11 is 0. The summed E-state index contributed by atoms with van der Waals surface area (Å²) in [6.45, 7) is 2.76. The van der Waals surface area contributed by atoms with E-state index in [1.165, 1.54) is 16.1 Å². The lowest BCUT2D eigenvalue weighted by molar-refractivity contribution is 0.253. The van der Waals surface area contributed by atoms with Gasteiger partial charge in [0.15, 0.2) is 5.96 Å². The molecular formula is C21H32N6O3S. The second kappa shape index (κ2) is 10.7. The van der Waals surface area contributed by atoms with Gasteiger partial charge in [0.1, 0.15) is 12.0 Å². The van der Waals surface area contributed by atoms with Crippen LogP contribution in [0.3, 0.4) is 0 Å². The van der Waals surface area contributed by atoms with Gasteiger partial charge < -0.3 is 19.6 Å². The van der Waals surface area contributed by atoms with Crippen LogP contribution in [0.1, 0.15) is 11.3 Å². The zero-order valence-corrected chi connectivity index (χ0v) is 19.3. The summed E-state index contributed by atoms with van der Waals surface area (Å²) in [6, 6.07) is 12.3. The molecule has 1 atom stereocenters. The summed E-state index contributed by atoms with van der Waals surface area (Å²) in [5, 5.41) is 7.19. The summed E-state index contributed by atoms with van der Waals surface area (Å²) in [5.74, 6) is 0.661. The van der Waals surface area contributed by atoms with Gasteiger partial charge in [-0.2, -0.15) is 4.31 Å². The molecule has 1 aromatic carbocycles. The standard InChI is InChI=1S/C21H32N6O3S/c1-22-21(23-16-20(25(2)3)15-18-7-5-4-6-8-18)26-10-12-27(13-11-26)31(28,29)17-19-9-14-30-24-19/h4-9,14,20H,10-13,15-17H2,1-3H3,(H,22,23). The van der Waals surface area contributed by atoms with Crippen LogP contribution < -0.4 is 5.32 Å². The lowest BCUT2D eigenvalue weighted by Gasteiger charge is -2.36. The number of piperazine rings is 1. The number of hydrogen-bond acceptors (Lipinski definition) is 6. The number of nitrogens with zero attached hydrogens (tertiary/aromatic N) is 5. The quantitative estimate of drug-likeness (QED) is 0.473. The molecule has 1 N–H and O–H groups in total. The fraction of sp³-hybridized carbons (Fsp3) is 0.524.